The minimum Gasteiger partial charge on any atom is -0.340 e. The number of carbonyl (C=O) groups is 1. The van der Waals surface area contributed by atoms with E-state index in [0.29, 0.717) is 11.9 Å². The second-order valence-electron chi connectivity index (χ2n) is 6.93. The lowest BCUT2D eigenvalue weighted by Crippen LogP contribution is -2.49. The smallest absolute Gasteiger partial charge is 0.233 e. The highest BCUT2D eigenvalue weighted by molar-refractivity contribution is 5.91. The second kappa shape index (κ2) is 6.80. The highest BCUT2D eigenvalue weighted by Gasteiger charge is 2.53. The van der Waals surface area contributed by atoms with E-state index in [4.69, 9.17) is 0 Å². The molecule has 2 aliphatic heterocycles. The molecule has 1 aromatic rings. The van der Waals surface area contributed by atoms with E-state index in [1.165, 1.54) is 5.56 Å². The molecule has 1 amide bonds. The van der Waals surface area contributed by atoms with Crippen LogP contribution in [0.1, 0.15) is 24.8 Å². The lowest BCUT2D eigenvalue weighted by atomic mass is 9.94. The summed E-state index contributed by atoms with van der Waals surface area (Å²) in [5.74, 6) is 0.372. The van der Waals surface area contributed by atoms with Gasteiger partial charge in [0.25, 0.3) is 0 Å². The monoisotopic (exact) mass is 335 g/mol. The molecular weight excluding hydrogens is 310 g/mol. The number of hydrogen-bond donors (Lipinski definition) is 1. The van der Waals surface area contributed by atoms with Crippen molar-refractivity contribution in [3.63, 3.8) is 0 Å². The number of nitrogens with zero attached hydrogens (tertiary/aromatic N) is 2. The molecule has 0 spiro atoms. The summed E-state index contributed by atoms with van der Waals surface area (Å²) >= 11 is 0. The summed E-state index contributed by atoms with van der Waals surface area (Å²) in [5, 5.41) is 3.41. The van der Waals surface area contributed by atoms with Crippen molar-refractivity contribution >= 4 is 18.3 Å². The van der Waals surface area contributed by atoms with Crippen LogP contribution < -0.4 is 5.32 Å². The Hall–Kier alpha value is -1.10. The van der Waals surface area contributed by atoms with Crippen LogP contribution in [0.25, 0.3) is 0 Å². The first-order valence-electron chi connectivity index (χ1n) is 8.59. The summed E-state index contributed by atoms with van der Waals surface area (Å²) in [4.78, 5) is 17.7. The Morgan fingerprint density at radius 3 is 2.43 bits per heavy atom. The van der Waals surface area contributed by atoms with Crippen molar-refractivity contribution in [1.82, 2.24) is 15.1 Å². The number of halogens is 1. The van der Waals surface area contributed by atoms with Gasteiger partial charge in [-0.3, -0.25) is 9.69 Å². The zero-order chi connectivity index (χ0) is 15.0. The van der Waals surface area contributed by atoms with Crippen molar-refractivity contribution in [2.75, 3.05) is 39.3 Å². The van der Waals surface area contributed by atoms with Crippen LogP contribution in [-0.4, -0.2) is 61.0 Å². The molecule has 126 valence electrons. The third-order valence-electron chi connectivity index (χ3n) is 5.60. The number of likely N-dealkylation sites (tertiary alicyclic amines) is 1. The van der Waals surface area contributed by atoms with Gasteiger partial charge >= 0.3 is 0 Å². The van der Waals surface area contributed by atoms with Crippen molar-refractivity contribution in [3.8, 4) is 0 Å². The van der Waals surface area contributed by atoms with Gasteiger partial charge in [0.15, 0.2) is 0 Å². The number of benzene rings is 1. The average Bonchev–Trinajstić information content (AvgIpc) is 3.26. The van der Waals surface area contributed by atoms with E-state index < -0.39 is 0 Å². The molecule has 5 heteroatoms. The third kappa shape index (κ3) is 3.12. The third-order valence-corrected chi connectivity index (χ3v) is 5.60. The minimum absolute atomic E-state index is 0. The summed E-state index contributed by atoms with van der Waals surface area (Å²) in [6.45, 7) is 6.26. The Morgan fingerprint density at radius 2 is 1.78 bits per heavy atom. The van der Waals surface area contributed by atoms with Gasteiger partial charge in [0.1, 0.15) is 0 Å². The Balaban J connectivity index is 0.00000156. The maximum Gasteiger partial charge on any atom is 0.233 e. The first-order chi connectivity index (χ1) is 10.8. The van der Waals surface area contributed by atoms with Gasteiger partial charge in [-0.05, 0) is 24.8 Å². The highest BCUT2D eigenvalue weighted by atomic mass is 35.5. The summed E-state index contributed by atoms with van der Waals surface area (Å²) in [7, 11) is 0. The molecule has 0 aromatic heterocycles. The minimum atomic E-state index is -0.195. The van der Waals surface area contributed by atoms with Gasteiger partial charge in [0, 0.05) is 45.3 Å². The maximum absolute atomic E-state index is 13.1. The molecule has 1 aliphatic carbocycles. The Bertz CT molecular complexity index is 540. The van der Waals surface area contributed by atoms with Crippen LogP contribution in [0.4, 0.5) is 0 Å². The van der Waals surface area contributed by atoms with Crippen molar-refractivity contribution in [1.29, 1.82) is 0 Å². The molecule has 4 nitrogen and oxygen atoms in total. The van der Waals surface area contributed by atoms with Crippen LogP contribution >= 0.6 is 12.4 Å². The molecule has 1 unspecified atom stereocenters. The van der Waals surface area contributed by atoms with Gasteiger partial charge in [0.2, 0.25) is 5.91 Å². The van der Waals surface area contributed by atoms with E-state index in [1.807, 2.05) is 6.07 Å². The van der Waals surface area contributed by atoms with Crippen molar-refractivity contribution in [3.05, 3.63) is 35.9 Å². The van der Waals surface area contributed by atoms with E-state index in [1.54, 1.807) is 0 Å². The van der Waals surface area contributed by atoms with Gasteiger partial charge in [-0.25, -0.2) is 0 Å². The van der Waals surface area contributed by atoms with Gasteiger partial charge in [-0.2, -0.15) is 0 Å². The summed E-state index contributed by atoms with van der Waals surface area (Å²) in [6, 6.07) is 10.9. The van der Waals surface area contributed by atoms with E-state index >= 15 is 0 Å². The predicted molar refractivity (Wildman–Crippen MR) is 94.0 cm³/mol. The Morgan fingerprint density at radius 1 is 1.09 bits per heavy atom. The Kier molecular flexibility index (Phi) is 4.95. The average molecular weight is 336 g/mol. The number of nitrogens with one attached hydrogen (secondary N) is 1. The molecule has 0 radical (unpaired) electrons. The van der Waals surface area contributed by atoms with Crippen LogP contribution in [0.3, 0.4) is 0 Å². The summed E-state index contributed by atoms with van der Waals surface area (Å²) in [5.41, 5.74) is 1.02. The molecule has 2 heterocycles. The lowest BCUT2D eigenvalue weighted by Gasteiger charge is -2.33. The molecule has 23 heavy (non-hydrogen) atoms. The fraction of sp³-hybridized carbons (Fsp3) is 0.611. The van der Waals surface area contributed by atoms with Crippen LogP contribution in [0.15, 0.2) is 30.3 Å². The second-order valence-corrected chi connectivity index (χ2v) is 6.93. The first kappa shape index (κ1) is 16.7. The molecular formula is C18H26ClN3O. The van der Waals surface area contributed by atoms with Crippen molar-refractivity contribution < 1.29 is 4.79 Å². The van der Waals surface area contributed by atoms with Crippen molar-refractivity contribution in [2.45, 2.75) is 30.7 Å². The fourth-order valence-corrected chi connectivity index (χ4v) is 4.08. The molecule has 0 bridgehead atoms. The predicted octanol–water partition coefficient (Wildman–Crippen LogP) is 1.65. The molecule has 3 aliphatic rings. The van der Waals surface area contributed by atoms with Crippen LogP contribution in [-0.2, 0) is 10.2 Å². The number of piperazine rings is 1. The van der Waals surface area contributed by atoms with Gasteiger partial charge in [-0.1, -0.05) is 30.3 Å². The van der Waals surface area contributed by atoms with Crippen LogP contribution in [0.2, 0.25) is 0 Å². The van der Waals surface area contributed by atoms with Crippen molar-refractivity contribution in [2.24, 2.45) is 0 Å². The summed E-state index contributed by atoms with van der Waals surface area (Å²) < 4.78 is 0. The van der Waals surface area contributed by atoms with E-state index in [2.05, 4.69) is 39.4 Å². The first-order valence-corrected chi connectivity index (χ1v) is 8.59. The highest BCUT2D eigenvalue weighted by Crippen LogP contribution is 2.50. The topological polar surface area (TPSA) is 35.6 Å². The standard InChI is InChI=1S/C18H25N3O.ClH/c22-17(18(7-8-18)15-4-2-1-3-5-15)21-11-6-16(14-21)20-12-9-19-10-13-20;/h1-5,16,19H,6-14H2;1H. The van der Waals surface area contributed by atoms with E-state index in [0.717, 1.165) is 58.5 Å². The molecule has 1 aromatic carbocycles. The maximum atomic E-state index is 13.1. The van der Waals surface area contributed by atoms with E-state index in [9.17, 15) is 4.79 Å². The van der Waals surface area contributed by atoms with Crippen LogP contribution in [0.5, 0.6) is 0 Å². The quantitative estimate of drug-likeness (QED) is 0.912. The molecule has 4 rings (SSSR count). The molecule has 1 atom stereocenters. The number of carbonyl (C=O) groups excluding carboxylic acids is 1. The van der Waals surface area contributed by atoms with Gasteiger partial charge < -0.3 is 10.2 Å². The number of hydrogen-bond acceptors (Lipinski definition) is 3. The fourth-order valence-electron chi connectivity index (χ4n) is 4.08. The Labute approximate surface area is 144 Å². The van der Waals surface area contributed by atoms with Gasteiger partial charge in [-0.15, -0.1) is 12.4 Å². The molecule has 3 fully saturated rings. The van der Waals surface area contributed by atoms with Gasteiger partial charge in [0.05, 0.1) is 5.41 Å². The number of rotatable bonds is 3. The lowest BCUT2D eigenvalue weighted by molar-refractivity contribution is -0.133. The largest absolute Gasteiger partial charge is 0.340 e. The molecule has 1 N–H and O–H groups in total. The summed E-state index contributed by atoms with van der Waals surface area (Å²) in [6.07, 6.45) is 3.17. The zero-order valence-electron chi connectivity index (χ0n) is 13.5. The zero-order valence-corrected chi connectivity index (χ0v) is 14.4. The number of amides is 1. The normalized spacial score (nSPS) is 26.6. The molecule has 2 saturated heterocycles. The molecule has 1 saturated carbocycles. The van der Waals surface area contributed by atoms with E-state index in [-0.39, 0.29) is 17.8 Å². The van der Waals surface area contributed by atoms with Crippen LogP contribution in [0, 0.1) is 0 Å². The SMILES string of the molecule is Cl.O=C(N1CCC(N2CCNCC2)C1)C1(c2ccccc2)CC1.